The van der Waals surface area contributed by atoms with Crippen LogP contribution >= 0.6 is 11.8 Å². The Bertz CT molecular complexity index is 1130. The molecule has 1 amide bonds. The Hall–Kier alpha value is -3.37. The SMILES string of the molecule is COCCSc1nnc(CCNC(=O)c2ccc(C(=O)c3cc(OC)ccc3OC)cc2)n1C. The zero-order valence-electron chi connectivity index (χ0n) is 19.7. The van der Waals surface area contributed by atoms with E-state index in [1.165, 1.54) is 14.2 Å². The summed E-state index contributed by atoms with van der Waals surface area (Å²) in [6.07, 6.45) is 0.548. The molecule has 0 saturated carbocycles. The molecule has 0 radical (unpaired) electrons. The molecule has 0 aliphatic heterocycles. The first-order valence-corrected chi connectivity index (χ1v) is 11.6. The molecule has 0 unspecified atom stereocenters. The van der Waals surface area contributed by atoms with Crippen molar-refractivity contribution < 1.29 is 23.8 Å². The minimum Gasteiger partial charge on any atom is -0.497 e. The molecule has 0 aliphatic rings. The smallest absolute Gasteiger partial charge is 0.251 e. The Kier molecular flexibility index (Phi) is 9.06. The van der Waals surface area contributed by atoms with E-state index in [0.29, 0.717) is 47.8 Å². The van der Waals surface area contributed by atoms with E-state index in [4.69, 9.17) is 14.2 Å². The topological polar surface area (TPSA) is 105 Å². The lowest BCUT2D eigenvalue weighted by molar-refractivity contribution is 0.0952. The monoisotopic (exact) mass is 484 g/mol. The van der Waals surface area contributed by atoms with Gasteiger partial charge in [-0.25, -0.2) is 0 Å². The molecule has 180 valence electrons. The number of carbonyl (C=O) groups excluding carboxylic acids is 2. The number of ketones is 1. The molecule has 0 bridgehead atoms. The number of rotatable bonds is 12. The Morgan fingerprint density at radius 2 is 1.74 bits per heavy atom. The van der Waals surface area contributed by atoms with E-state index in [-0.39, 0.29) is 11.7 Å². The highest BCUT2D eigenvalue weighted by Gasteiger charge is 2.17. The van der Waals surface area contributed by atoms with Crippen molar-refractivity contribution in [2.24, 2.45) is 7.05 Å². The Morgan fingerprint density at radius 3 is 2.41 bits per heavy atom. The second-order valence-electron chi connectivity index (χ2n) is 7.28. The maximum atomic E-state index is 13.0. The second kappa shape index (κ2) is 12.2. The van der Waals surface area contributed by atoms with Crippen LogP contribution in [0.5, 0.6) is 11.5 Å². The van der Waals surface area contributed by atoms with Gasteiger partial charge in [-0.15, -0.1) is 10.2 Å². The van der Waals surface area contributed by atoms with Gasteiger partial charge in [0.15, 0.2) is 10.9 Å². The summed E-state index contributed by atoms with van der Waals surface area (Å²) < 4.78 is 17.5. The van der Waals surface area contributed by atoms with Crippen LogP contribution in [0.25, 0.3) is 0 Å². The van der Waals surface area contributed by atoms with Crippen molar-refractivity contribution in [3.63, 3.8) is 0 Å². The maximum Gasteiger partial charge on any atom is 0.251 e. The fourth-order valence-electron chi connectivity index (χ4n) is 3.21. The Balaban J connectivity index is 1.58. The normalized spacial score (nSPS) is 10.7. The molecular formula is C24H28N4O5S. The van der Waals surface area contributed by atoms with Crippen molar-refractivity contribution in [1.82, 2.24) is 20.1 Å². The largest absolute Gasteiger partial charge is 0.497 e. The molecule has 10 heteroatoms. The lowest BCUT2D eigenvalue weighted by atomic mass is 10.0. The van der Waals surface area contributed by atoms with Crippen LogP contribution in [-0.4, -0.2) is 66.7 Å². The highest BCUT2D eigenvalue weighted by atomic mass is 32.2. The van der Waals surface area contributed by atoms with Crippen LogP contribution in [0.2, 0.25) is 0 Å². The first-order valence-electron chi connectivity index (χ1n) is 10.6. The van der Waals surface area contributed by atoms with Crippen molar-refractivity contribution in [3.8, 4) is 11.5 Å². The predicted octanol–water partition coefficient (Wildman–Crippen LogP) is 2.77. The van der Waals surface area contributed by atoms with Crippen molar-refractivity contribution >= 4 is 23.5 Å². The summed E-state index contributed by atoms with van der Waals surface area (Å²) in [6.45, 7) is 1.05. The molecule has 1 N–H and O–H groups in total. The summed E-state index contributed by atoms with van der Waals surface area (Å²) in [5.41, 5.74) is 1.30. The number of ether oxygens (including phenoxy) is 3. The van der Waals surface area contributed by atoms with Gasteiger partial charge in [0.05, 0.1) is 26.4 Å². The average molecular weight is 485 g/mol. The van der Waals surface area contributed by atoms with Gasteiger partial charge in [0.2, 0.25) is 0 Å². The molecule has 0 spiro atoms. The number of carbonyl (C=O) groups is 2. The van der Waals surface area contributed by atoms with Crippen molar-refractivity contribution in [3.05, 3.63) is 65.0 Å². The second-order valence-corrected chi connectivity index (χ2v) is 8.34. The quantitative estimate of drug-likeness (QED) is 0.238. The standard InChI is InChI=1S/C24H28N4O5S/c1-28-21(26-27-24(28)34-14-13-31-2)11-12-25-23(30)17-7-5-16(6-8-17)22(29)19-15-18(32-3)9-10-20(19)33-4/h5-10,15H,11-14H2,1-4H3,(H,25,30). The molecule has 1 aromatic heterocycles. The van der Waals surface area contributed by atoms with Gasteiger partial charge in [-0.05, 0) is 30.3 Å². The number of thioether (sulfide) groups is 1. The first kappa shape index (κ1) is 25.3. The van der Waals surface area contributed by atoms with Gasteiger partial charge in [-0.3, -0.25) is 9.59 Å². The van der Waals surface area contributed by atoms with Crippen LogP contribution in [0.3, 0.4) is 0 Å². The van der Waals surface area contributed by atoms with Crippen LogP contribution in [0.4, 0.5) is 0 Å². The fraction of sp³-hybridized carbons (Fsp3) is 0.333. The van der Waals surface area contributed by atoms with Crippen LogP contribution in [0.15, 0.2) is 47.6 Å². The van der Waals surface area contributed by atoms with Crippen molar-refractivity contribution in [2.75, 3.05) is 40.2 Å². The van der Waals surface area contributed by atoms with Crippen LogP contribution < -0.4 is 14.8 Å². The number of hydrogen-bond donors (Lipinski definition) is 1. The molecule has 0 fully saturated rings. The number of amides is 1. The molecule has 0 saturated heterocycles. The van der Waals surface area contributed by atoms with Crippen molar-refractivity contribution in [2.45, 2.75) is 11.6 Å². The van der Waals surface area contributed by atoms with Gasteiger partial charge in [-0.1, -0.05) is 23.9 Å². The molecule has 0 atom stereocenters. The van der Waals surface area contributed by atoms with E-state index in [1.807, 2.05) is 11.6 Å². The van der Waals surface area contributed by atoms with Crippen molar-refractivity contribution in [1.29, 1.82) is 0 Å². The first-order chi connectivity index (χ1) is 16.5. The van der Waals surface area contributed by atoms with E-state index in [1.54, 1.807) is 61.3 Å². The molecule has 0 aliphatic carbocycles. The molecule has 34 heavy (non-hydrogen) atoms. The number of aromatic nitrogens is 3. The summed E-state index contributed by atoms with van der Waals surface area (Å²) in [7, 11) is 6.61. The van der Waals surface area contributed by atoms with Crippen LogP contribution in [0.1, 0.15) is 32.1 Å². The lowest BCUT2D eigenvalue weighted by Crippen LogP contribution is -2.26. The zero-order chi connectivity index (χ0) is 24.5. The summed E-state index contributed by atoms with van der Waals surface area (Å²) in [4.78, 5) is 25.5. The molecule has 9 nitrogen and oxygen atoms in total. The van der Waals surface area contributed by atoms with Gasteiger partial charge in [0.25, 0.3) is 5.91 Å². The minimum absolute atomic E-state index is 0.218. The summed E-state index contributed by atoms with van der Waals surface area (Å²) in [5, 5.41) is 12.1. The minimum atomic E-state index is -0.227. The molecule has 1 heterocycles. The molecule has 3 rings (SSSR count). The fourth-order valence-corrected chi connectivity index (χ4v) is 4.04. The van der Waals surface area contributed by atoms with Gasteiger partial charge in [0, 0.05) is 44.0 Å². The van der Waals surface area contributed by atoms with E-state index >= 15 is 0 Å². The Labute approximate surface area is 202 Å². The molecular weight excluding hydrogens is 456 g/mol. The highest BCUT2D eigenvalue weighted by Crippen LogP contribution is 2.26. The van der Waals surface area contributed by atoms with E-state index in [9.17, 15) is 9.59 Å². The molecule has 3 aromatic rings. The van der Waals surface area contributed by atoms with Gasteiger partial charge >= 0.3 is 0 Å². The maximum absolute atomic E-state index is 13.0. The number of benzene rings is 2. The van der Waals surface area contributed by atoms with Gasteiger partial charge in [0.1, 0.15) is 17.3 Å². The van der Waals surface area contributed by atoms with E-state index < -0.39 is 0 Å². The van der Waals surface area contributed by atoms with E-state index in [0.717, 1.165) is 16.7 Å². The predicted molar refractivity (Wildman–Crippen MR) is 129 cm³/mol. The highest BCUT2D eigenvalue weighted by molar-refractivity contribution is 7.99. The molecule has 2 aromatic carbocycles. The number of hydrogen-bond acceptors (Lipinski definition) is 8. The third-order valence-corrected chi connectivity index (χ3v) is 6.12. The number of nitrogens with one attached hydrogen (secondary N) is 1. The zero-order valence-corrected chi connectivity index (χ0v) is 20.5. The van der Waals surface area contributed by atoms with E-state index in [2.05, 4.69) is 15.5 Å². The lowest BCUT2D eigenvalue weighted by Gasteiger charge is -2.10. The summed E-state index contributed by atoms with van der Waals surface area (Å²) in [6, 6.07) is 11.6. The summed E-state index contributed by atoms with van der Waals surface area (Å²) in [5.74, 6) is 2.15. The number of methoxy groups -OCH3 is 3. The van der Waals surface area contributed by atoms with Crippen LogP contribution in [-0.2, 0) is 18.2 Å². The van der Waals surface area contributed by atoms with Gasteiger partial charge in [-0.2, -0.15) is 0 Å². The third-order valence-electron chi connectivity index (χ3n) is 5.14. The van der Waals surface area contributed by atoms with Crippen LogP contribution in [0, 0.1) is 0 Å². The number of nitrogens with zero attached hydrogens (tertiary/aromatic N) is 3. The van der Waals surface area contributed by atoms with Gasteiger partial charge < -0.3 is 24.1 Å². The average Bonchev–Trinajstić information content (AvgIpc) is 3.22. The summed E-state index contributed by atoms with van der Waals surface area (Å²) >= 11 is 1.57. The Morgan fingerprint density at radius 1 is 1.00 bits per heavy atom. The third kappa shape index (κ3) is 6.15.